The molecule has 0 amide bonds. The molecule has 2 aromatic heterocycles. The lowest BCUT2D eigenvalue weighted by molar-refractivity contribution is 0.342. The number of aliphatic hydroxyl groups excluding tert-OH is 1. The highest BCUT2D eigenvalue weighted by molar-refractivity contribution is 7.16. The predicted octanol–water partition coefficient (Wildman–Crippen LogP) is 2.51. The monoisotopic (exact) mass is 236 g/mol. The molecule has 3 nitrogen and oxygen atoms in total. The molecule has 0 unspecified atom stereocenters. The smallest absolute Gasteiger partial charge is 0.138 e. The van der Waals surface area contributed by atoms with Gasteiger partial charge in [0.1, 0.15) is 12.2 Å². The SMILES string of the molecule is OC/C=C(/F)c1ccc(-c2ccncn2)s1. The molecule has 0 aliphatic carbocycles. The number of aliphatic hydroxyl groups is 1. The fourth-order valence-corrected chi connectivity index (χ4v) is 2.14. The van der Waals surface area contributed by atoms with Crippen LogP contribution in [0.25, 0.3) is 16.4 Å². The van der Waals surface area contributed by atoms with Gasteiger partial charge in [-0.2, -0.15) is 0 Å². The summed E-state index contributed by atoms with van der Waals surface area (Å²) in [6, 6.07) is 5.24. The van der Waals surface area contributed by atoms with Gasteiger partial charge in [-0.3, -0.25) is 0 Å². The first-order valence-corrected chi connectivity index (χ1v) is 5.46. The lowest BCUT2D eigenvalue weighted by atomic mass is 10.3. The van der Waals surface area contributed by atoms with Crippen molar-refractivity contribution < 1.29 is 9.50 Å². The Morgan fingerprint density at radius 1 is 1.44 bits per heavy atom. The second-order valence-corrected chi connectivity index (χ2v) is 4.08. The summed E-state index contributed by atoms with van der Waals surface area (Å²) in [5.41, 5.74) is 0.767. The molecule has 5 heteroatoms. The van der Waals surface area contributed by atoms with Gasteiger partial charge in [0.25, 0.3) is 0 Å². The number of rotatable bonds is 3. The Bertz CT molecular complexity index is 496. The molecular weight excluding hydrogens is 227 g/mol. The molecule has 0 saturated heterocycles. The molecule has 0 spiro atoms. The van der Waals surface area contributed by atoms with E-state index in [4.69, 9.17) is 5.11 Å². The zero-order valence-corrected chi connectivity index (χ0v) is 9.12. The molecule has 0 bridgehead atoms. The van der Waals surface area contributed by atoms with Crippen molar-refractivity contribution in [1.82, 2.24) is 9.97 Å². The van der Waals surface area contributed by atoms with E-state index in [1.54, 1.807) is 24.4 Å². The lowest BCUT2D eigenvalue weighted by Gasteiger charge is -1.93. The second-order valence-electron chi connectivity index (χ2n) is 2.99. The van der Waals surface area contributed by atoms with Gasteiger partial charge in [0.05, 0.1) is 22.1 Å². The van der Waals surface area contributed by atoms with Gasteiger partial charge in [-0.15, -0.1) is 11.3 Å². The van der Waals surface area contributed by atoms with Crippen molar-refractivity contribution in [2.24, 2.45) is 0 Å². The molecule has 0 fully saturated rings. The van der Waals surface area contributed by atoms with E-state index in [0.29, 0.717) is 4.88 Å². The topological polar surface area (TPSA) is 46.0 Å². The minimum absolute atomic E-state index is 0.299. The minimum atomic E-state index is -0.409. The molecule has 0 aliphatic rings. The van der Waals surface area contributed by atoms with Crippen molar-refractivity contribution in [2.45, 2.75) is 0 Å². The largest absolute Gasteiger partial charge is 0.392 e. The molecular formula is C11H9FN2OS. The number of aromatic nitrogens is 2. The summed E-state index contributed by atoms with van der Waals surface area (Å²) in [5.74, 6) is -0.409. The number of hydrogen-bond donors (Lipinski definition) is 1. The first-order valence-electron chi connectivity index (χ1n) is 4.64. The number of halogens is 1. The van der Waals surface area contributed by atoms with Crippen molar-refractivity contribution >= 4 is 17.2 Å². The third-order valence-electron chi connectivity index (χ3n) is 1.95. The van der Waals surface area contributed by atoms with E-state index in [2.05, 4.69) is 9.97 Å². The Hall–Kier alpha value is -1.59. The van der Waals surface area contributed by atoms with E-state index in [0.717, 1.165) is 16.6 Å². The third kappa shape index (κ3) is 2.32. The van der Waals surface area contributed by atoms with E-state index in [-0.39, 0.29) is 6.61 Å². The Morgan fingerprint density at radius 2 is 2.31 bits per heavy atom. The molecule has 2 aromatic rings. The summed E-state index contributed by atoms with van der Waals surface area (Å²) < 4.78 is 13.3. The molecule has 2 rings (SSSR count). The first-order chi connectivity index (χ1) is 7.81. The summed E-state index contributed by atoms with van der Waals surface area (Å²) in [5, 5.41) is 8.59. The summed E-state index contributed by atoms with van der Waals surface area (Å²) in [6.07, 6.45) is 4.23. The molecule has 0 radical (unpaired) electrons. The summed E-state index contributed by atoms with van der Waals surface area (Å²) in [4.78, 5) is 9.26. The van der Waals surface area contributed by atoms with Gasteiger partial charge < -0.3 is 5.11 Å². The van der Waals surface area contributed by atoms with Crippen molar-refractivity contribution in [1.29, 1.82) is 0 Å². The number of hydrogen-bond acceptors (Lipinski definition) is 4. The molecule has 16 heavy (non-hydrogen) atoms. The van der Waals surface area contributed by atoms with Crippen LogP contribution in [0.3, 0.4) is 0 Å². The summed E-state index contributed by atoms with van der Waals surface area (Å²) in [7, 11) is 0. The van der Waals surface area contributed by atoms with Gasteiger partial charge in [-0.25, -0.2) is 14.4 Å². The van der Waals surface area contributed by atoms with Crippen molar-refractivity contribution in [2.75, 3.05) is 6.61 Å². The Kier molecular flexibility index (Phi) is 3.38. The van der Waals surface area contributed by atoms with Crippen LogP contribution in [0.5, 0.6) is 0 Å². The predicted molar refractivity (Wildman–Crippen MR) is 61.5 cm³/mol. The number of nitrogens with zero attached hydrogens (tertiary/aromatic N) is 2. The van der Waals surface area contributed by atoms with Crippen molar-refractivity contribution in [3.05, 3.63) is 41.7 Å². The van der Waals surface area contributed by atoms with E-state index >= 15 is 0 Å². The van der Waals surface area contributed by atoms with Crippen LogP contribution in [0.4, 0.5) is 4.39 Å². The van der Waals surface area contributed by atoms with E-state index < -0.39 is 5.83 Å². The quantitative estimate of drug-likeness (QED) is 0.890. The third-order valence-corrected chi connectivity index (χ3v) is 3.06. The number of thiophene rings is 1. The summed E-state index contributed by atoms with van der Waals surface area (Å²) in [6.45, 7) is -0.299. The normalized spacial score (nSPS) is 11.8. The Morgan fingerprint density at radius 3 is 3.00 bits per heavy atom. The summed E-state index contributed by atoms with van der Waals surface area (Å²) >= 11 is 1.29. The fourth-order valence-electron chi connectivity index (χ4n) is 1.22. The fraction of sp³-hybridized carbons (Fsp3) is 0.0909. The van der Waals surface area contributed by atoms with Gasteiger partial charge in [-0.1, -0.05) is 0 Å². The van der Waals surface area contributed by atoms with Gasteiger partial charge in [0.15, 0.2) is 0 Å². The average Bonchev–Trinajstić information content (AvgIpc) is 2.80. The lowest BCUT2D eigenvalue weighted by Crippen LogP contribution is -1.79. The van der Waals surface area contributed by atoms with E-state index in [1.165, 1.54) is 17.7 Å². The van der Waals surface area contributed by atoms with E-state index in [1.807, 2.05) is 0 Å². The zero-order valence-electron chi connectivity index (χ0n) is 8.30. The van der Waals surface area contributed by atoms with Crippen LogP contribution in [-0.4, -0.2) is 21.7 Å². The van der Waals surface area contributed by atoms with Gasteiger partial charge >= 0.3 is 0 Å². The van der Waals surface area contributed by atoms with Crippen LogP contribution in [0, 0.1) is 0 Å². The average molecular weight is 236 g/mol. The van der Waals surface area contributed by atoms with Crippen LogP contribution in [-0.2, 0) is 0 Å². The zero-order chi connectivity index (χ0) is 11.4. The van der Waals surface area contributed by atoms with Crippen LogP contribution in [0.15, 0.2) is 36.8 Å². The molecule has 0 atom stereocenters. The standard InChI is InChI=1S/C11H9FN2OS/c12-8(4-6-15)10-1-2-11(16-10)9-3-5-13-7-14-9/h1-5,7,15H,6H2/b8-4+. The maximum absolute atomic E-state index is 13.3. The van der Waals surface area contributed by atoms with Gasteiger partial charge in [-0.05, 0) is 24.3 Å². The highest BCUT2D eigenvalue weighted by Gasteiger charge is 2.06. The Balaban J connectivity index is 2.30. The molecule has 82 valence electrons. The van der Waals surface area contributed by atoms with Crippen LogP contribution in [0.1, 0.15) is 4.88 Å². The maximum atomic E-state index is 13.3. The highest BCUT2D eigenvalue weighted by atomic mass is 32.1. The highest BCUT2D eigenvalue weighted by Crippen LogP contribution is 2.30. The van der Waals surface area contributed by atoms with Gasteiger partial charge in [0.2, 0.25) is 0 Å². The molecule has 1 N–H and O–H groups in total. The van der Waals surface area contributed by atoms with Gasteiger partial charge in [0, 0.05) is 6.20 Å². The molecule has 2 heterocycles. The minimum Gasteiger partial charge on any atom is -0.392 e. The maximum Gasteiger partial charge on any atom is 0.138 e. The Labute approximate surface area is 95.9 Å². The van der Waals surface area contributed by atoms with Crippen molar-refractivity contribution in [3.63, 3.8) is 0 Å². The van der Waals surface area contributed by atoms with Crippen molar-refractivity contribution in [3.8, 4) is 10.6 Å². The van der Waals surface area contributed by atoms with Crippen LogP contribution < -0.4 is 0 Å². The molecule has 0 saturated carbocycles. The molecule has 0 aromatic carbocycles. The van der Waals surface area contributed by atoms with Crippen LogP contribution >= 0.6 is 11.3 Å². The first kappa shape index (κ1) is 10.9. The second kappa shape index (κ2) is 4.96. The molecule has 0 aliphatic heterocycles. The van der Waals surface area contributed by atoms with Crippen LogP contribution in [0.2, 0.25) is 0 Å². The van der Waals surface area contributed by atoms with E-state index in [9.17, 15) is 4.39 Å².